The average Bonchev–Trinajstić information content (AvgIpc) is 3.06. The third-order valence-electron chi connectivity index (χ3n) is 4.22. The highest BCUT2D eigenvalue weighted by atomic mass is 35.5. The number of anilines is 1. The summed E-state index contributed by atoms with van der Waals surface area (Å²) in [5, 5.41) is 12.8. The van der Waals surface area contributed by atoms with Crippen molar-refractivity contribution in [3.63, 3.8) is 0 Å². The van der Waals surface area contributed by atoms with Crippen LogP contribution in [0, 0.1) is 0 Å². The number of ketones is 1. The van der Waals surface area contributed by atoms with Crippen molar-refractivity contribution in [3.8, 4) is 11.5 Å². The summed E-state index contributed by atoms with van der Waals surface area (Å²) in [6.45, 7) is 3.86. The molecule has 3 N–H and O–H groups in total. The Labute approximate surface area is 171 Å². The van der Waals surface area contributed by atoms with Crippen molar-refractivity contribution in [1.82, 2.24) is 4.98 Å². The second-order valence-electron chi connectivity index (χ2n) is 6.56. The number of fused-ring (bicyclic) bond motifs is 1. The molecule has 3 rings (SSSR count). The Morgan fingerprint density at radius 2 is 1.86 bits per heavy atom. The third kappa shape index (κ3) is 4.24. The molecule has 2 aromatic carbocycles. The van der Waals surface area contributed by atoms with Crippen LogP contribution in [0.1, 0.15) is 25.3 Å². The zero-order valence-electron chi connectivity index (χ0n) is 15.2. The maximum Gasteiger partial charge on any atom is 0.374 e. The molecule has 8 heteroatoms. The second-order valence-corrected chi connectivity index (χ2v) is 7.37. The largest absolute Gasteiger partial charge is 0.475 e. The fraction of sp³-hybridized carbons (Fsp3) is 0.200. The maximum atomic E-state index is 11.2. The molecule has 0 amide bonds. The van der Waals surface area contributed by atoms with Gasteiger partial charge in [-0.15, -0.1) is 0 Å². The fourth-order valence-electron chi connectivity index (χ4n) is 2.80. The Kier molecular flexibility index (Phi) is 5.82. The molecule has 0 aliphatic heterocycles. The number of halogens is 2. The van der Waals surface area contributed by atoms with Gasteiger partial charge in [-0.05, 0) is 41.8 Å². The number of rotatable bonds is 7. The van der Waals surface area contributed by atoms with E-state index in [-0.39, 0.29) is 22.3 Å². The van der Waals surface area contributed by atoms with Gasteiger partial charge in [-0.2, -0.15) is 0 Å². The number of carbonyl (C=O) groups excluding carboxylic acids is 1. The zero-order valence-corrected chi connectivity index (χ0v) is 16.7. The van der Waals surface area contributed by atoms with Crippen LogP contribution in [0.4, 0.5) is 5.69 Å². The van der Waals surface area contributed by atoms with Crippen LogP contribution in [0.2, 0.25) is 10.0 Å². The van der Waals surface area contributed by atoms with Gasteiger partial charge in [0.2, 0.25) is 0 Å². The molecule has 6 nitrogen and oxygen atoms in total. The van der Waals surface area contributed by atoms with E-state index in [0.29, 0.717) is 17.4 Å². The zero-order chi connectivity index (χ0) is 20.4. The molecule has 0 saturated heterocycles. The van der Waals surface area contributed by atoms with Gasteiger partial charge >= 0.3 is 5.97 Å². The molecule has 3 aromatic rings. The van der Waals surface area contributed by atoms with E-state index in [2.05, 4.69) is 24.1 Å². The van der Waals surface area contributed by atoms with Gasteiger partial charge in [0.25, 0.3) is 5.78 Å². The Morgan fingerprint density at radius 3 is 2.46 bits per heavy atom. The first-order chi connectivity index (χ1) is 13.3. The van der Waals surface area contributed by atoms with E-state index in [1.54, 1.807) is 0 Å². The van der Waals surface area contributed by atoms with Gasteiger partial charge in [-0.3, -0.25) is 4.79 Å². The molecule has 0 fully saturated rings. The first-order valence-electron chi connectivity index (χ1n) is 8.54. The van der Waals surface area contributed by atoms with Crippen LogP contribution in [0.25, 0.3) is 10.9 Å². The third-order valence-corrected chi connectivity index (χ3v) is 4.78. The van der Waals surface area contributed by atoms with E-state index in [9.17, 15) is 9.59 Å². The highest BCUT2D eigenvalue weighted by molar-refractivity contribution is 6.38. The SMILES string of the molecule is CC(C)c1c[nH]c2ccc(Oc3c(Cl)cc(NCC(=O)C(=O)O)cc3Cl)cc12. The van der Waals surface area contributed by atoms with Crippen LogP contribution in [0.3, 0.4) is 0 Å². The Hall–Kier alpha value is -2.70. The van der Waals surface area contributed by atoms with Crippen LogP contribution in [0.5, 0.6) is 11.5 Å². The number of aromatic nitrogens is 1. The summed E-state index contributed by atoms with van der Waals surface area (Å²) in [6.07, 6.45) is 1.98. The summed E-state index contributed by atoms with van der Waals surface area (Å²) >= 11 is 12.6. The van der Waals surface area contributed by atoms with Crippen LogP contribution < -0.4 is 10.1 Å². The van der Waals surface area contributed by atoms with Crippen molar-refractivity contribution >= 4 is 51.5 Å². The summed E-state index contributed by atoms with van der Waals surface area (Å²) in [6, 6.07) is 8.70. The molecular weight excluding hydrogens is 403 g/mol. The van der Waals surface area contributed by atoms with Gasteiger partial charge < -0.3 is 20.1 Å². The lowest BCUT2D eigenvalue weighted by molar-refractivity contribution is -0.148. The molecule has 0 spiro atoms. The van der Waals surface area contributed by atoms with Crippen molar-refractivity contribution in [2.24, 2.45) is 0 Å². The maximum absolute atomic E-state index is 11.2. The highest BCUT2D eigenvalue weighted by Gasteiger charge is 2.15. The van der Waals surface area contributed by atoms with Gasteiger partial charge in [0.05, 0.1) is 16.6 Å². The number of carboxylic acids is 1. The minimum atomic E-state index is -1.51. The summed E-state index contributed by atoms with van der Waals surface area (Å²) in [5.74, 6) is -1.26. The summed E-state index contributed by atoms with van der Waals surface area (Å²) in [4.78, 5) is 25.0. The number of carbonyl (C=O) groups is 2. The van der Waals surface area contributed by atoms with E-state index in [0.717, 1.165) is 10.9 Å². The van der Waals surface area contributed by atoms with Gasteiger partial charge in [-0.1, -0.05) is 37.0 Å². The van der Waals surface area contributed by atoms with Crippen molar-refractivity contribution in [1.29, 1.82) is 0 Å². The van der Waals surface area contributed by atoms with Gasteiger partial charge in [0.1, 0.15) is 5.75 Å². The van der Waals surface area contributed by atoms with Crippen LogP contribution in [-0.2, 0) is 9.59 Å². The van der Waals surface area contributed by atoms with E-state index >= 15 is 0 Å². The predicted octanol–water partition coefficient (Wildman–Crippen LogP) is 5.46. The number of H-pyrrole nitrogens is 1. The minimum absolute atomic E-state index is 0.232. The monoisotopic (exact) mass is 420 g/mol. The number of aromatic amines is 1. The molecule has 146 valence electrons. The van der Waals surface area contributed by atoms with E-state index < -0.39 is 11.8 Å². The number of carboxylic acid groups (broad SMARTS) is 1. The van der Waals surface area contributed by atoms with Crippen molar-refractivity contribution in [2.45, 2.75) is 19.8 Å². The van der Waals surface area contributed by atoms with Crippen molar-refractivity contribution in [2.75, 3.05) is 11.9 Å². The average molecular weight is 421 g/mol. The van der Waals surface area contributed by atoms with E-state index in [4.69, 9.17) is 33.0 Å². The first-order valence-corrected chi connectivity index (χ1v) is 9.29. The number of aliphatic carboxylic acids is 1. The Bertz CT molecular complexity index is 1040. The van der Waals surface area contributed by atoms with Gasteiger partial charge in [0.15, 0.2) is 5.75 Å². The van der Waals surface area contributed by atoms with Crippen LogP contribution in [0.15, 0.2) is 36.5 Å². The predicted molar refractivity (Wildman–Crippen MR) is 110 cm³/mol. The molecule has 0 aliphatic rings. The number of hydrogen-bond acceptors (Lipinski definition) is 4. The molecule has 0 atom stereocenters. The second kappa shape index (κ2) is 8.12. The number of nitrogens with one attached hydrogen (secondary N) is 2. The molecule has 1 aromatic heterocycles. The molecule has 0 bridgehead atoms. The van der Waals surface area contributed by atoms with Crippen LogP contribution in [-0.4, -0.2) is 28.4 Å². The number of benzene rings is 2. The van der Waals surface area contributed by atoms with Gasteiger partial charge in [0, 0.05) is 22.8 Å². The summed E-state index contributed by atoms with van der Waals surface area (Å²) < 4.78 is 5.90. The number of ether oxygens (including phenoxy) is 1. The summed E-state index contributed by atoms with van der Waals surface area (Å²) in [7, 11) is 0. The Morgan fingerprint density at radius 1 is 1.18 bits per heavy atom. The molecule has 0 aliphatic carbocycles. The lowest BCUT2D eigenvalue weighted by atomic mass is 10.0. The standard InChI is InChI=1S/C20H18Cl2N2O4/c1-10(2)14-8-24-17-4-3-12(7-13(14)17)28-19-15(21)5-11(6-16(19)22)23-9-18(25)20(26)27/h3-8,10,23-24H,9H2,1-2H3,(H,26,27). The normalized spacial score (nSPS) is 11.0. The molecule has 0 radical (unpaired) electrons. The quantitative estimate of drug-likeness (QED) is 0.441. The minimum Gasteiger partial charge on any atom is -0.475 e. The molecule has 0 unspecified atom stereocenters. The van der Waals surface area contributed by atoms with Gasteiger partial charge in [-0.25, -0.2) is 4.79 Å². The molecule has 0 saturated carbocycles. The van der Waals surface area contributed by atoms with Crippen molar-refractivity contribution in [3.05, 3.63) is 52.1 Å². The number of Topliss-reactive ketones (excluding diaryl/α,β-unsaturated/α-hetero) is 1. The molecular formula is C20H18Cl2N2O4. The lowest BCUT2D eigenvalue weighted by Crippen LogP contribution is -2.22. The summed E-state index contributed by atoms with van der Waals surface area (Å²) in [5.41, 5.74) is 2.61. The van der Waals surface area contributed by atoms with Crippen LogP contribution >= 0.6 is 23.2 Å². The molecule has 28 heavy (non-hydrogen) atoms. The highest BCUT2D eigenvalue weighted by Crippen LogP contribution is 2.40. The van der Waals surface area contributed by atoms with E-state index in [1.807, 2.05) is 24.4 Å². The lowest BCUT2D eigenvalue weighted by Gasteiger charge is -2.13. The first kappa shape index (κ1) is 20.0. The van der Waals surface area contributed by atoms with E-state index in [1.165, 1.54) is 17.7 Å². The van der Waals surface area contributed by atoms with Crippen molar-refractivity contribution < 1.29 is 19.4 Å². The smallest absolute Gasteiger partial charge is 0.374 e. The molecule has 1 heterocycles. The topological polar surface area (TPSA) is 91.4 Å². The fourth-order valence-corrected chi connectivity index (χ4v) is 3.36. The number of hydrogen-bond donors (Lipinski definition) is 3. The Balaban J connectivity index is 1.84.